The number of nitrogens with one attached hydrogen (secondary N) is 1. The first-order chi connectivity index (χ1) is 10.1. The van der Waals surface area contributed by atoms with Crippen molar-refractivity contribution >= 4 is 5.97 Å². The van der Waals surface area contributed by atoms with E-state index in [9.17, 15) is 9.18 Å². The van der Waals surface area contributed by atoms with E-state index in [0.717, 1.165) is 0 Å². The number of benzene rings is 1. The summed E-state index contributed by atoms with van der Waals surface area (Å²) in [6.07, 6.45) is 1.12. The molecular formula is C14H16FN3O3. The van der Waals surface area contributed by atoms with Gasteiger partial charge in [0.2, 0.25) is 0 Å². The number of hydrogen-bond acceptors (Lipinski definition) is 4. The maximum absolute atomic E-state index is 13.7. The third kappa shape index (κ3) is 3.25. The second-order valence-corrected chi connectivity index (χ2v) is 4.50. The third-order valence-corrected chi connectivity index (χ3v) is 3.12. The zero-order valence-corrected chi connectivity index (χ0v) is 11.8. The summed E-state index contributed by atoms with van der Waals surface area (Å²) in [6.45, 7) is 2.36. The summed E-state index contributed by atoms with van der Waals surface area (Å²) in [4.78, 5) is 15.3. The first-order valence-corrected chi connectivity index (χ1v) is 6.53. The number of halogens is 1. The van der Waals surface area contributed by atoms with Crippen LogP contribution in [0.1, 0.15) is 28.7 Å². The zero-order valence-electron chi connectivity index (χ0n) is 11.8. The SMILES string of the molecule is CCc1cc(F)c(C(=O)O)cc1-c1n[nH]c(CCOC)n1. The number of H-pyrrole nitrogens is 1. The van der Waals surface area contributed by atoms with Crippen LogP contribution in [0.4, 0.5) is 4.39 Å². The maximum Gasteiger partial charge on any atom is 0.338 e. The fourth-order valence-electron chi connectivity index (χ4n) is 2.01. The van der Waals surface area contributed by atoms with E-state index in [0.29, 0.717) is 42.2 Å². The molecule has 0 saturated carbocycles. The van der Waals surface area contributed by atoms with E-state index < -0.39 is 11.8 Å². The molecule has 0 unspecified atom stereocenters. The summed E-state index contributed by atoms with van der Waals surface area (Å²) in [5.74, 6) is -1.07. The highest BCUT2D eigenvalue weighted by Crippen LogP contribution is 2.25. The fraction of sp³-hybridized carbons (Fsp3) is 0.357. The molecule has 21 heavy (non-hydrogen) atoms. The Kier molecular flexibility index (Phi) is 4.64. The highest BCUT2D eigenvalue weighted by atomic mass is 19.1. The lowest BCUT2D eigenvalue weighted by atomic mass is 10.0. The van der Waals surface area contributed by atoms with Crippen LogP contribution in [0.15, 0.2) is 12.1 Å². The lowest BCUT2D eigenvalue weighted by molar-refractivity contribution is 0.0692. The Balaban J connectivity index is 2.44. The standard InChI is InChI=1S/C14H16FN3O3/c1-3-8-6-11(15)10(14(19)20)7-9(8)13-16-12(17-18-13)4-5-21-2/h6-7H,3-5H2,1-2H3,(H,19,20)(H,16,17,18). The van der Waals surface area contributed by atoms with E-state index >= 15 is 0 Å². The summed E-state index contributed by atoms with van der Waals surface area (Å²) in [5, 5.41) is 15.9. The molecule has 112 valence electrons. The van der Waals surface area contributed by atoms with E-state index in [4.69, 9.17) is 9.84 Å². The molecule has 0 amide bonds. The van der Waals surface area contributed by atoms with Gasteiger partial charge in [0.05, 0.1) is 12.2 Å². The van der Waals surface area contributed by atoms with Gasteiger partial charge in [-0.1, -0.05) is 6.92 Å². The smallest absolute Gasteiger partial charge is 0.338 e. The largest absolute Gasteiger partial charge is 0.478 e. The molecule has 1 aromatic carbocycles. The average molecular weight is 293 g/mol. The maximum atomic E-state index is 13.7. The highest BCUT2D eigenvalue weighted by Gasteiger charge is 2.17. The molecule has 0 saturated heterocycles. The predicted octanol–water partition coefficient (Wildman–Crippen LogP) is 2.06. The lowest BCUT2D eigenvalue weighted by Gasteiger charge is -2.07. The highest BCUT2D eigenvalue weighted by molar-refractivity contribution is 5.89. The number of aryl methyl sites for hydroxylation is 1. The van der Waals surface area contributed by atoms with Crippen LogP contribution in [0, 0.1) is 5.82 Å². The van der Waals surface area contributed by atoms with Crippen molar-refractivity contribution < 1.29 is 19.0 Å². The van der Waals surface area contributed by atoms with Crippen molar-refractivity contribution in [1.29, 1.82) is 0 Å². The second kappa shape index (κ2) is 6.45. The predicted molar refractivity (Wildman–Crippen MR) is 73.7 cm³/mol. The Morgan fingerprint density at radius 3 is 2.86 bits per heavy atom. The van der Waals surface area contributed by atoms with Crippen LogP contribution in [0.25, 0.3) is 11.4 Å². The van der Waals surface area contributed by atoms with Gasteiger partial charge in [0.25, 0.3) is 0 Å². The minimum atomic E-state index is -1.31. The van der Waals surface area contributed by atoms with Crippen LogP contribution < -0.4 is 0 Å². The van der Waals surface area contributed by atoms with Crippen molar-refractivity contribution in [3.05, 3.63) is 34.9 Å². The van der Waals surface area contributed by atoms with E-state index in [1.807, 2.05) is 6.92 Å². The topological polar surface area (TPSA) is 88.1 Å². The number of hydrogen-bond donors (Lipinski definition) is 2. The summed E-state index contributed by atoms with van der Waals surface area (Å²) in [7, 11) is 1.59. The van der Waals surface area contributed by atoms with Crippen molar-refractivity contribution in [2.75, 3.05) is 13.7 Å². The number of aromatic carboxylic acids is 1. The Labute approximate surface area is 121 Å². The van der Waals surface area contributed by atoms with Gasteiger partial charge >= 0.3 is 5.97 Å². The number of carboxylic acids is 1. The summed E-state index contributed by atoms with van der Waals surface area (Å²) in [6, 6.07) is 2.50. The number of carbonyl (C=O) groups is 1. The van der Waals surface area contributed by atoms with Crippen molar-refractivity contribution in [2.45, 2.75) is 19.8 Å². The molecule has 2 N–H and O–H groups in total. The summed E-state index contributed by atoms with van der Waals surface area (Å²) < 4.78 is 18.7. The van der Waals surface area contributed by atoms with Crippen LogP contribution in [-0.4, -0.2) is 40.0 Å². The number of rotatable bonds is 6. The second-order valence-electron chi connectivity index (χ2n) is 4.50. The molecule has 0 atom stereocenters. The van der Waals surface area contributed by atoms with E-state index in [2.05, 4.69) is 15.2 Å². The quantitative estimate of drug-likeness (QED) is 0.851. The number of aromatic amines is 1. The average Bonchev–Trinajstić information content (AvgIpc) is 2.92. The molecule has 1 aromatic heterocycles. The number of carboxylic acid groups (broad SMARTS) is 1. The molecule has 2 rings (SSSR count). The van der Waals surface area contributed by atoms with E-state index in [-0.39, 0.29) is 5.56 Å². The van der Waals surface area contributed by atoms with Crippen molar-refractivity contribution in [1.82, 2.24) is 15.2 Å². The molecule has 2 aromatic rings. The van der Waals surface area contributed by atoms with Crippen LogP contribution in [0.5, 0.6) is 0 Å². The van der Waals surface area contributed by atoms with Gasteiger partial charge in [-0.15, -0.1) is 0 Å². The van der Waals surface area contributed by atoms with Gasteiger partial charge in [-0.3, -0.25) is 5.10 Å². The van der Waals surface area contributed by atoms with Gasteiger partial charge in [-0.05, 0) is 24.1 Å². The van der Waals surface area contributed by atoms with Crippen LogP contribution >= 0.6 is 0 Å². The Bertz CT molecular complexity index is 655. The van der Waals surface area contributed by atoms with Gasteiger partial charge in [0, 0.05) is 19.1 Å². The molecule has 1 heterocycles. The molecular weight excluding hydrogens is 277 g/mol. The minimum Gasteiger partial charge on any atom is -0.478 e. The number of ether oxygens (including phenoxy) is 1. The number of methoxy groups -OCH3 is 1. The van der Waals surface area contributed by atoms with Crippen molar-refractivity contribution in [3.8, 4) is 11.4 Å². The Morgan fingerprint density at radius 2 is 2.24 bits per heavy atom. The normalized spacial score (nSPS) is 10.8. The summed E-state index contributed by atoms with van der Waals surface area (Å²) >= 11 is 0. The van der Waals surface area contributed by atoms with Gasteiger partial charge in [-0.25, -0.2) is 14.2 Å². The molecule has 0 bridgehead atoms. The number of nitrogens with zero attached hydrogens (tertiary/aromatic N) is 2. The van der Waals surface area contributed by atoms with Crippen LogP contribution in [-0.2, 0) is 17.6 Å². The first-order valence-electron chi connectivity index (χ1n) is 6.53. The molecule has 0 spiro atoms. The van der Waals surface area contributed by atoms with Gasteiger partial charge in [-0.2, -0.15) is 5.10 Å². The number of aromatic nitrogens is 3. The fourth-order valence-corrected chi connectivity index (χ4v) is 2.01. The molecule has 7 heteroatoms. The molecule has 0 fully saturated rings. The van der Waals surface area contributed by atoms with Gasteiger partial charge in [0.1, 0.15) is 11.6 Å². The Morgan fingerprint density at radius 1 is 1.48 bits per heavy atom. The molecule has 0 aliphatic rings. The third-order valence-electron chi connectivity index (χ3n) is 3.12. The molecule has 0 radical (unpaired) electrons. The van der Waals surface area contributed by atoms with Gasteiger partial charge < -0.3 is 9.84 Å². The minimum absolute atomic E-state index is 0.362. The van der Waals surface area contributed by atoms with E-state index in [1.54, 1.807) is 7.11 Å². The monoisotopic (exact) mass is 293 g/mol. The molecule has 0 aliphatic heterocycles. The van der Waals surface area contributed by atoms with Gasteiger partial charge in [0.15, 0.2) is 5.82 Å². The first kappa shape index (κ1) is 15.1. The van der Waals surface area contributed by atoms with Crippen LogP contribution in [0.2, 0.25) is 0 Å². The Hall–Kier alpha value is -2.28. The molecule has 6 nitrogen and oxygen atoms in total. The van der Waals surface area contributed by atoms with Crippen molar-refractivity contribution in [3.63, 3.8) is 0 Å². The van der Waals surface area contributed by atoms with E-state index in [1.165, 1.54) is 12.1 Å². The lowest BCUT2D eigenvalue weighted by Crippen LogP contribution is -2.03. The zero-order chi connectivity index (χ0) is 15.4. The van der Waals surface area contributed by atoms with Crippen molar-refractivity contribution in [2.24, 2.45) is 0 Å². The van der Waals surface area contributed by atoms with Crippen LogP contribution in [0.3, 0.4) is 0 Å². The molecule has 0 aliphatic carbocycles. The summed E-state index contributed by atoms with van der Waals surface area (Å²) in [5.41, 5.74) is 0.802.